The van der Waals surface area contributed by atoms with Gasteiger partial charge in [0.2, 0.25) is 10.0 Å². The van der Waals surface area contributed by atoms with E-state index in [2.05, 4.69) is 9.46 Å². The molecule has 20 heavy (non-hydrogen) atoms. The van der Waals surface area contributed by atoms with Gasteiger partial charge in [0.15, 0.2) is 0 Å². The summed E-state index contributed by atoms with van der Waals surface area (Å²) < 4.78 is 36.5. The van der Waals surface area contributed by atoms with Gasteiger partial charge in [0.05, 0.1) is 13.2 Å². The van der Waals surface area contributed by atoms with E-state index in [1.807, 2.05) is 0 Å². The van der Waals surface area contributed by atoms with Gasteiger partial charge in [-0.3, -0.25) is 0 Å². The number of hydrogen-bond donors (Lipinski definition) is 2. The van der Waals surface area contributed by atoms with Crippen LogP contribution in [-0.2, 0) is 14.8 Å². The lowest BCUT2D eigenvalue weighted by Gasteiger charge is -2.10. The van der Waals surface area contributed by atoms with Gasteiger partial charge in [-0.05, 0) is 20.3 Å². The minimum absolute atomic E-state index is 0.0985. The molecule has 1 aromatic heterocycles. The highest BCUT2D eigenvalue weighted by molar-refractivity contribution is 7.89. The lowest BCUT2D eigenvalue weighted by Crippen LogP contribution is -2.32. The number of aliphatic hydroxyl groups is 1. The van der Waals surface area contributed by atoms with Crippen molar-refractivity contribution < 1.29 is 27.5 Å². The molecule has 0 aliphatic heterocycles. The van der Waals surface area contributed by atoms with Crippen molar-refractivity contribution >= 4 is 16.0 Å². The number of sulfonamides is 1. The first-order valence-corrected chi connectivity index (χ1v) is 7.58. The Morgan fingerprint density at radius 1 is 1.40 bits per heavy atom. The quantitative estimate of drug-likeness (QED) is 0.751. The zero-order valence-electron chi connectivity index (χ0n) is 11.9. The standard InChI is InChI=1S/C12H19NO6S/c1-5-9(14)6-13-20(16,17)11-8(3)19-7(2)10(11)12(15)18-4/h9,13-14H,5-6H2,1-4H3. The van der Waals surface area contributed by atoms with Crippen molar-refractivity contribution in [2.45, 2.75) is 38.2 Å². The summed E-state index contributed by atoms with van der Waals surface area (Å²) in [5, 5.41) is 9.43. The molecule has 2 N–H and O–H groups in total. The van der Waals surface area contributed by atoms with E-state index in [9.17, 15) is 18.3 Å². The van der Waals surface area contributed by atoms with E-state index in [1.165, 1.54) is 13.8 Å². The van der Waals surface area contributed by atoms with Crippen molar-refractivity contribution in [3.63, 3.8) is 0 Å². The van der Waals surface area contributed by atoms with Gasteiger partial charge in [-0.1, -0.05) is 6.92 Å². The fraction of sp³-hybridized carbons (Fsp3) is 0.583. The monoisotopic (exact) mass is 305 g/mol. The molecule has 0 saturated carbocycles. The van der Waals surface area contributed by atoms with Crippen LogP contribution in [0.15, 0.2) is 9.31 Å². The van der Waals surface area contributed by atoms with Crippen molar-refractivity contribution in [1.29, 1.82) is 0 Å². The number of carbonyl (C=O) groups is 1. The maximum atomic E-state index is 12.2. The topological polar surface area (TPSA) is 106 Å². The van der Waals surface area contributed by atoms with E-state index in [-0.39, 0.29) is 28.5 Å². The number of aryl methyl sites for hydroxylation is 2. The summed E-state index contributed by atoms with van der Waals surface area (Å²) in [6.07, 6.45) is -0.380. The Hall–Kier alpha value is -1.38. The zero-order chi connectivity index (χ0) is 15.5. The van der Waals surface area contributed by atoms with Gasteiger partial charge in [-0.25, -0.2) is 17.9 Å². The Morgan fingerprint density at radius 3 is 2.50 bits per heavy atom. The molecule has 0 amide bonds. The molecule has 114 valence electrons. The Bertz CT molecular complexity index is 589. The minimum atomic E-state index is -3.97. The second kappa shape index (κ2) is 6.38. The Balaban J connectivity index is 3.21. The van der Waals surface area contributed by atoms with Gasteiger partial charge >= 0.3 is 5.97 Å². The molecule has 1 aromatic rings. The fourth-order valence-electron chi connectivity index (χ4n) is 1.75. The molecule has 1 rings (SSSR count). The number of aliphatic hydroxyl groups excluding tert-OH is 1. The smallest absolute Gasteiger partial charge is 0.342 e. The fourth-order valence-corrected chi connectivity index (χ4v) is 3.22. The van der Waals surface area contributed by atoms with Gasteiger partial charge in [-0.15, -0.1) is 0 Å². The molecule has 0 aliphatic rings. The third-order valence-electron chi connectivity index (χ3n) is 2.84. The Labute approximate surface area is 118 Å². The molecular formula is C12H19NO6S. The van der Waals surface area contributed by atoms with Crippen LogP contribution in [0, 0.1) is 13.8 Å². The first-order chi connectivity index (χ1) is 9.24. The SMILES string of the molecule is CCC(O)CNS(=O)(=O)c1c(C)oc(C)c1C(=O)OC. The summed E-state index contributed by atoms with van der Waals surface area (Å²) in [7, 11) is -2.80. The first-order valence-electron chi connectivity index (χ1n) is 6.10. The third-order valence-corrected chi connectivity index (χ3v) is 4.42. The summed E-state index contributed by atoms with van der Waals surface area (Å²) >= 11 is 0. The van der Waals surface area contributed by atoms with E-state index in [1.54, 1.807) is 6.92 Å². The van der Waals surface area contributed by atoms with Gasteiger partial charge in [0.1, 0.15) is 22.0 Å². The predicted molar refractivity (Wildman–Crippen MR) is 71.0 cm³/mol. The van der Waals surface area contributed by atoms with E-state index < -0.39 is 22.1 Å². The summed E-state index contributed by atoms with van der Waals surface area (Å²) in [4.78, 5) is 11.4. The van der Waals surface area contributed by atoms with Crippen LogP contribution in [0.5, 0.6) is 0 Å². The first kappa shape index (κ1) is 16.7. The van der Waals surface area contributed by atoms with Crippen LogP contribution >= 0.6 is 0 Å². The second-order valence-corrected chi connectivity index (χ2v) is 6.03. The highest BCUT2D eigenvalue weighted by atomic mass is 32.2. The molecule has 0 bridgehead atoms. The number of esters is 1. The number of ether oxygens (including phenoxy) is 1. The molecule has 1 heterocycles. The maximum absolute atomic E-state index is 12.2. The molecule has 0 spiro atoms. The lowest BCUT2D eigenvalue weighted by molar-refractivity contribution is 0.0595. The van der Waals surface area contributed by atoms with Crippen molar-refractivity contribution in [3.05, 3.63) is 17.1 Å². The molecule has 0 aromatic carbocycles. The molecule has 0 radical (unpaired) electrons. The molecule has 0 aliphatic carbocycles. The lowest BCUT2D eigenvalue weighted by atomic mass is 10.2. The molecular weight excluding hydrogens is 286 g/mol. The van der Waals surface area contributed by atoms with Crippen LogP contribution in [-0.4, -0.2) is 39.3 Å². The van der Waals surface area contributed by atoms with Gasteiger partial charge in [-0.2, -0.15) is 0 Å². The van der Waals surface area contributed by atoms with E-state index in [4.69, 9.17) is 4.42 Å². The van der Waals surface area contributed by atoms with Crippen LogP contribution in [0.2, 0.25) is 0 Å². The number of methoxy groups -OCH3 is 1. The van der Waals surface area contributed by atoms with E-state index >= 15 is 0 Å². The second-order valence-electron chi connectivity index (χ2n) is 4.32. The summed E-state index contributed by atoms with van der Waals surface area (Å²) in [5.41, 5.74) is -0.122. The van der Waals surface area contributed by atoms with Gasteiger partial charge in [0.25, 0.3) is 0 Å². The Morgan fingerprint density at radius 2 is 2.00 bits per heavy atom. The third kappa shape index (κ3) is 3.38. The number of rotatable bonds is 6. The predicted octanol–water partition coefficient (Wildman–Crippen LogP) is 0.732. The molecule has 0 fully saturated rings. The molecule has 8 heteroatoms. The minimum Gasteiger partial charge on any atom is -0.465 e. The molecule has 0 saturated heterocycles. The normalized spacial score (nSPS) is 13.2. The number of carbonyl (C=O) groups excluding carboxylic acids is 1. The van der Waals surface area contributed by atoms with Crippen molar-refractivity contribution in [2.24, 2.45) is 0 Å². The summed E-state index contributed by atoms with van der Waals surface area (Å²) in [6, 6.07) is 0. The van der Waals surface area contributed by atoms with Crippen LogP contribution in [0.25, 0.3) is 0 Å². The van der Waals surface area contributed by atoms with E-state index in [0.717, 1.165) is 7.11 Å². The number of furan rings is 1. The summed E-state index contributed by atoms with van der Waals surface area (Å²) in [6.45, 7) is 4.53. The van der Waals surface area contributed by atoms with Crippen LogP contribution in [0.3, 0.4) is 0 Å². The van der Waals surface area contributed by atoms with Crippen molar-refractivity contribution in [3.8, 4) is 0 Å². The van der Waals surface area contributed by atoms with Crippen LogP contribution in [0.4, 0.5) is 0 Å². The maximum Gasteiger partial charge on any atom is 0.342 e. The average molecular weight is 305 g/mol. The van der Waals surface area contributed by atoms with Crippen LogP contribution < -0.4 is 4.72 Å². The van der Waals surface area contributed by atoms with Gasteiger partial charge in [0, 0.05) is 6.54 Å². The molecule has 1 atom stereocenters. The van der Waals surface area contributed by atoms with Gasteiger partial charge < -0.3 is 14.3 Å². The van der Waals surface area contributed by atoms with Crippen LogP contribution in [0.1, 0.15) is 35.2 Å². The van der Waals surface area contributed by atoms with E-state index in [0.29, 0.717) is 6.42 Å². The average Bonchev–Trinajstić information content (AvgIpc) is 2.70. The number of nitrogens with one attached hydrogen (secondary N) is 1. The highest BCUT2D eigenvalue weighted by Gasteiger charge is 2.31. The largest absolute Gasteiger partial charge is 0.465 e. The van der Waals surface area contributed by atoms with Crippen molar-refractivity contribution in [1.82, 2.24) is 4.72 Å². The summed E-state index contributed by atoms with van der Waals surface area (Å²) in [5.74, 6) is -0.511. The zero-order valence-corrected chi connectivity index (χ0v) is 12.7. The highest BCUT2D eigenvalue weighted by Crippen LogP contribution is 2.27. The number of hydrogen-bond acceptors (Lipinski definition) is 6. The molecule has 7 nitrogen and oxygen atoms in total. The molecule has 1 unspecified atom stereocenters. The van der Waals surface area contributed by atoms with Crippen molar-refractivity contribution in [2.75, 3.05) is 13.7 Å². The Kier molecular flexibility index (Phi) is 5.32.